The van der Waals surface area contributed by atoms with Crippen LogP contribution in [0, 0.1) is 0 Å². The maximum Gasteiger partial charge on any atom is 0.0604 e. The van der Waals surface area contributed by atoms with Crippen molar-refractivity contribution >= 4 is 0 Å². The zero-order chi connectivity index (χ0) is 15.4. The quantitative estimate of drug-likeness (QED) is 0.223. The third-order valence-electron chi connectivity index (χ3n) is 3.06. The lowest BCUT2D eigenvalue weighted by molar-refractivity contribution is 0.230. The van der Waals surface area contributed by atoms with Gasteiger partial charge in [0.25, 0.3) is 0 Å². The average Bonchev–Trinajstić information content (AvgIpc) is 2.34. The Kier molecular flexibility index (Phi) is 12.3. The van der Waals surface area contributed by atoms with Crippen molar-refractivity contribution in [2.75, 3.05) is 46.8 Å². The predicted molar refractivity (Wildman–Crippen MR) is 87.7 cm³/mol. The normalized spacial score (nSPS) is 16.4. The van der Waals surface area contributed by atoms with E-state index in [-0.39, 0.29) is 12.1 Å². The summed E-state index contributed by atoms with van der Waals surface area (Å²) in [6.07, 6.45) is 2.60. The van der Waals surface area contributed by atoms with Crippen LogP contribution >= 0.6 is 0 Å². The van der Waals surface area contributed by atoms with Gasteiger partial charge in [0.1, 0.15) is 0 Å². The maximum atomic E-state index is 5.71. The number of hydrogen-bond donors (Lipinski definition) is 5. The van der Waals surface area contributed by atoms with Gasteiger partial charge in [-0.05, 0) is 60.4 Å². The summed E-state index contributed by atoms with van der Waals surface area (Å²) in [7, 11) is 4.22. The molecule has 0 rings (SSSR count). The van der Waals surface area contributed by atoms with Crippen molar-refractivity contribution in [2.45, 2.75) is 44.9 Å². The minimum atomic E-state index is 0.219. The monoisotopic (exact) mass is 288 g/mol. The van der Waals surface area contributed by atoms with Crippen LogP contribution in [0.15, 0.2) is 0 Å². The minimum Gasteiger partial charge on any atom is -0.327 e. The summed E-state index contributed by atoms with van der Waals surface area (Å²) < 4.78 is 0. The Morgan fingerprint density at radius 2 is 1.45 bits per heavy atom. The van der Waals surface area contributed by atoms with E-state index >= 15 is 0 Å². The first-order valence-electron chi connectivity index (χ1n) is 7.76. The van der Waals surface area contributed by atoms with E-state index in [2.05, 4.69) is 34.9 Å². The molecule has 0 aromatic heterocycles. The lowest BCUT2D eigenvalue weighted by atomic mass is 10.2. The number of nitrogens with two attached hydrogens (primary N) is 2. The van der Waals surface area contributed by atoms with Crippen molar-refractivity contribution in [2.24, 2.45) is 11.5 Å². The van der Waals surface area contributed by atoms with E-state index in [1.54, 1.807) is 0 Å². The van der Waals surface area contributed by atoms with Crippen molar-refractivity contribution in [3.05, 3.63) is 0 Å². The Labute approximate surface area is 125 Å². The van der Waals surface area contributed by atoms with Gasteiger partial charge in [-0.2, -0.15) is 0 Å². The predicted octanol–water partition coefficient (Wildman–Crippen LogP) is -0.882. The van der Waals surface area contributed by atoms with Gasteiger partial charge in [0.05, 0.1) is 6.17 Å². The molecule has 0 amide bonds. The standard InChI is InChI=1S/C14H36N6/c1-12(15)10-17-7-5-8-19-14(20(3)4)6-9-18-11-13(2)16/h12-14,17-19H,5-11,15-16H2,1-4H3. The smallest absolute Gasteiger partial charge is 0.0604 e. The molecule has 0 aliphatic rings. The Hall–Kier alpha value is -0.240. The lowest BCUT2D eigenvalue weighted by Gasteiger charge is -2.26. The number of rotatable bonds is 13. The molecule has 6 heteroatoms. The summed E-state index contributed by atoms with van der Waals surface area (Å²) >= 11 is 0. The first-order chi connectivity index (χ1) is 9.43. The largest absolute Gasteiger partial charge is 0.327 e. The van der Waals surface area contributed by atoms with E-state index in [0.29, 0.717) is 6.17 Å². The van der Waals surface area contributed by atoms with Gasteiger partial charge in [-0.1, -0.05) is 0 Å². The topological polar surface area (TPSA) is 91.4 Å². The van der Waals surface area contributed by atoms with Gasteiger partial charge in [0, 0.05) is 25.2 Å². The molecular weight excluding hydrogens is 252 g/mol. The Morgan fingerprint density at radius 3 is 1.95 bits per heavy atom. The molecule has 20 heavy (non-hydrogen) atoms. The molecule has 3 unspecified atom stereocenters. The van der Waals surface area contributed by atoms with Crippen LogP contribution in [-0.2, 0) is 0 Å². The van der Waals surface area contributed by atoms with Crippen molar-refractivity contribution in [1.29, 1.82) is 0 Å². The summed E-state index contributed by atoms with van der Waals surface area (Å²) in [5.41, 5.74) is 11.4. The third kappa shape index (κ3) is 12.8. The maximum absolute atomic E-state index is 5.71. The van der Waals surface area contributed by atoms with Crippen LogP contribution in [0.4, 0.5) is 0 Å². The SMILES string of the molecule is CC(N)CNCCCNC(CCNCC(C)N)N(C)C. The van der Waals surface area contributed by atoms with Gasteiger partial charge < -0.3 is 27.4 Å². The van der Waals surface area contributed by atoms with Crippen LogP contribution in [-0.4, -0.2) is 70.0 Å². The van der Waals surface area contributed by atoms with Crippen molar-refractivity contribution in [1.82, 2.24) is 20.9 Å². The zero-order valence-electron chi connectivity index (χ0n) is 13.8. The molecule has 0 fully saturated rings. The van der Waals surface area contributed by atoms with E-state index in [9.17, 15) is 0 Å². The Morgan fingerprint density at radius 1 is 0.900 bits per heavy atom. The van der Waals surface area contributed by atoms with E-state index in [0.717, 1.165) is 45.6 Å². The fourth-order valence-electron chi connectivity index (χ4n) is 1.92. The highest BCUT2D eigenvalue weighted by molar-refractivity contribution is 4.67. The summed E-state index contributed by atoms with van der Waals surface area (Å²) in [5, 5.41) is 10.3. The molecule has 0 saturated heterocycles. The Bertz CT molecular complexity index is 208. The van der Waals surface area contributed by atoms with Crippen molar-refractivity contribution < 1.29 is 0 Å². The summed E-state index contributed by atoms with van der Waals surface area (Å²) in [5.74, 6) is 0. The van der Waals surface area contributed by atoms with Gasteiger partial charge in [-0.25, -0.2) is 0 Å². The van der Waals surface area contributed by atoms with Gasteiger partial charge in [0.15, 0.2) is 0 Å². The first-order valence-corrected chi connectivity index (χ1v) is 7.76. The molecule has 0 bridgehead atoms. The van der Waals surface area contributed by atoms with Crippen molar-refractivity contribution in [3.63, 3.8) is 0 Å². The van der Waals surface area contributed by atoms with E-state index < -0.39 is 0 Å². The minimum absolute atomic E-state index is 0.219. The fraction of sp³-hybridized carbons (Fsp3) is 1.00. The molecule has 0 heterocycles. The van der Waals surface area contributed by atoms with E-state index in [1.165, 1.54) is 0 Å². The van der Waals surface area contributed by atoms with Gasteiger partial charge in [-0.3, -0.25) is 4.90 Å². The second-order valence-corrected chi connectivity index (χ2v) is 5.94. The molecule has 3 atom stereocenters. The summed E-state index contributed by atoms with van der Waals surface area (Å²) in [6, 6.07) is 0.449. The number of nitrogens with one attached hydrogen (secondary N) is 3. The second-order valence-electron chi connectivity index (χ2n) is 5.94. The number of hydrogen-bond acceptors (Lipinski definition) is 6. The molecule has 0 saturated carbocycles. The summed E-state index contributed by atoms with van der Waals surface area (Å²) in [4.78, 5) is 2.23. The molecule has 0 aliphatic carbocycles. The second kappa shape index (κ2) is 12.5. The zero-order valence-corrected chi connectivity index (χ0v) is 13.8. The highest BCUT2D eigenvalue weighted by Gasteiger charge is 2.09. The van der Waals surface area contributed by atoms with Crippen LogP contribution in [0.5, 0.6) is 0 Å². The third-order valence-corrected chi connectivity index (χ3v) is 3.06. The average molecular weight is 288 g/mol. The highest BCUT2D eigenvalue weighted by atomic mass is 15.2. The van der Waals surface area contributed by atoms with Crippen LogP contribution in [0.2, 0.25) is 0 Å². The van der Waals surface area contributed by atoms with Gasteiger partial charge in [-0.15, -0.1) is 0 Å². The summed E-state index contributed by atoms with van der Waals surface area (Å²) in [6.45, 7) is 8.81. The molecule has 0 aliphatic heterocycles. The molecular formula is C14H36N6. The fourth-order valence-corrected chi connectivity index (χ4v) is 1.92. The molecule has 7 N–H and O–H groups in total. The van der Waals surface area contributed by atoms with E-state index in [4.69, 9.17) is 11.5 Å². The van der Waals surface area contributed by atoms with Crippen LogP contribution in [0.1, 0.15) is 26.7 Å². The molecule has 0 aromatic rings. The molecule has 0 radical (unpaired) electrons. The van der Waals surface area contributed by atoms with Gasteiger partial charge in [0.2, 0.25) is 0 Å². The molecule has 122 valence electrons. The lowest BCUT2D eigenvalue weighted by Crippen LogP contribution is -2.45. The number of nitrogens with zero attached hydrogens (tertiary/aromatic N) is 1. The van der Waals surface area contributed by atoms with Crippen molar-refractivity contribution in [3.8, 4) is 0 Å². The van der Waals surface area contributed by atoms with Crippen LogP contribution in [0.3, 0.4) is 0 Å². The molecule has 0 spiro atoms. The Balaban J connectivity index is 3.59. The van der Waals surface area contributed by atoms with Gasteiger partial charge >= 0.3 is 0 Å². The van der Waals surface area contributed by atoms with E-state index in [1.807, 2.05) is 13.8 Å². The van der Waals surface area contributed by atoms with Crippen LogP contribution < -0.4 is 27.4 Å². The molecule has 0 aromatic carbocycles. The molecule has 6 nitrogen and oxygen atoms in total. The van der Waals surface area contributed by atoms with Crippen LogP contribution in [0.25, 0.3) is 0 Å². The highest BCUT2D eigenvalue weighted by Crippen LogP contribution is 1.95. The first kappa shape index (κ1) is 19.8.